The number of aryl methyl sites for hydroxylation is 1. The van der Waals surface area contributed by atoms with Crippen molar-refractivity contribution >= 4 is 17.4 Å². The molecule has 7 nitrogen and oxygen atoms in total. The highest BCUT2D eigenvalue weighted by molar-refractivity contribution is 6.03. The molecule has 3 N–H and O–H groups in total. The van der Waals surface area contributed by atoms with Crippen molar-refractivity contribution in [3.63, 3.8) is 0 Å². The first kappa shape index (κ1) is 21.2. The average molecular weight is 421 g/mol. The number of pyridine rings is 1. The number of hydrogen-bond acceptors (Lipinski definition) is 6. The number of carbonyl (C=O) groups is 1. The van der Waals surface area contributed by atoms with Crippen molar-refractivity contribution in [3.8, 4) is 6.07 Å². The van der Waals surface area contributed by atoms with Gasteiger partial charge in [-0.05, 0) is 24.6 Å². The Kier molecular flexibility index (Phi) is 5.71. The molecule has 0 aliphatic carbocycles. The second-order valence-corrected chi connectivity index (χ2v) is 6.60. The number of nitrogens with zero attached hydrogens (tertiary/aromatic N) is 3. The molecule has 0 fully saturated rings. The number of carbonyl (C=O) groups excluding carboxylic acids is 1. The summed E-state index contributed by atoms with van der Waals surface area (Å²) in [6, 6.07) is 4.78. The summed E-state index contributed by atoms with van der Waals surface area (Å²) in [5.41, 5.74) is 2.33. The Morgan fingerprint density at radius 3 is 2.70 bits per heavy atom. The van der Waals surface area contributed by atoms with Gasteiger partial charge < -0.3 is 15.8 Å². The van der Waals surface area contributed by atoms with E-state index in [-0.39, 0.29) is 29.4 Å². The van der Waals surface area contributed by atoms with Crippen LogP contribution < -0.4 is 11.1 Å². The van der Waals surface area contributed by atoms with Crippen LogP contribution >= 0.6 is 0 Å². The highest BCUT2D eigenvalue weighted by atomic mass is 19.3. The van der Waals surface area contributed by atoms with Crippen molar-refractivity contribution < 1.29 is 27.1 Å². The molecule has 11 heteroatoms. The van der Waals surface area contributed by atoms with Crippen molar-refractivity contribution in [2.24, 2.45) is 10.7 Å². The fourth-order valence-electron chi connectivity index (χ4n) is 3.04. The lowest BCUT2D eigenvalue weighted by Gasteiger charge is -2.33. The fourth-order valence-corrected chi connectivity index (χ4v) is 3.04. The van der Waals surface area contributed by atoms with Crippen LogP contribution in [0.3, 0.4) is 0 Å². The number of benzene rings is 1. The molecule has 2 aromatic rings. The number of halogens is 4. The van der Waals surface area contributed by atoms with E-state index in [2.05, 4.69) is 15.3 Å². The molecule has 1 amide bonds. The Balaban J connectivity index is 2.03. The quantitative estimate of drug-likeness (QED) is 0.737. The zero-order chi connectivity index (χ0) is 22.1. The highest BCUT2D eigenvalue weighted by Gasteiger charge is 2.47. The van der Waals surface area contributed by atoms with Crippen LogP contribution in [0, 0.1) is 29.9 Å². The number of alkyl halides is 2. The lowest BCUT2D eigenvalue weighted by molar-refractivity contribution is -0.0148. The SMILES string of the molecule is Cc1cc(C#N)cnc1C(=O)Nc1cc(F)c(F)c(C2(C(F)F)COCC(N)=N2)c1. The highest BCUT2D eigenvalue weighted by Crippen LogP contribution is 2.38. The number of aromatic nitrogens is 1. The number of nitrogens with two attached hydrogens (primary N) is 1. The third kappa shape index (κ3) is 3.81. The zero-order valence-electron chi connectivity index (χ0n) is 15.5. The van der Waals surface area contributed by atoms with Crippen molar-refractivity contribution in [3.05, 3.63) is 58.4 Å². The molecule has 1 atom stereocenters. The van der Waals surface area contributed by atoms with E-state index in [0.29, 0.717) is 11.6 Å². The van der Waals surface area contributed by atoms with Crippen molar-refractivity contribution in [1.82, 2.24) is 4.98 Å². The topological polar surface area (TPSA) is 113 Å². The van der Waals surface area contributed by atoms with E-state index in [1.165, 1.54) is 19.2 Å². The first-order valence-corrected chi connectivity index (χ1v) is 8.55. The monoisotopic (exact) mass is 421 g/mol. The minimum atomic E-state index is -3.27. The Bertz CT molecular complexity index is 1080. The zero-order valence-corrected chi connectivity index (χ0v) is 15.5. The number of amides is 1. The second-order valence-electron chi connectivity index (χ2n) is 6.60. The molecule has 0 saturated heterocycles. The number of nitriles is 1. The number of anilines is 1. The fraction of sp³-hybridized carbons (Fsp3) is 0.263. The van der Waals surface area contributed by atoms with Gasteiger partial charge in [0.05, 0.1) is 12.2 Å². The first-order chi connectivity index (χ1) is 14.2. The van der Waals surface area contributed by atoms with Gasteiger partial charge in [-0.2, -0.15) is 5.26 Å². The Morgan fingerprint density at radius 2 is 2.10 bits per heavy atom. The maximum Gasteiger partial charge on any atom is 0.274 e. The van der Waals surface area contributed by atoms with Crippen LogP contribution in [0.15, 0.2) is 29.4 Å². The Hall–Kier alpha value is -3.52. The number of nitrogens with one attached hydrogen (secondary N) is 1. The van der Waals surface area contributed by atoms with Gasteiger partial charge >= 0.3 is 0 Å². The Morgan fingerprint density at radius 1 is 1.37 bits per heavy atom. The van der Waals surface area contributed by atoms with E-state index in [0.717, 1.165) is 6.07 Å². The molecule has 30 heavy (non-hydrogen) atoms. The van der Waals surface area contributed by atoms with Crippen LogP contribution in [0.5, 0.6) is 0 Å². The first-order valence-electron chi connectivity index (χ1n) is 8.55. The summed E-state index contributed by atoms with van der Waals surface area (Å²) in [6.45, 7) is 0.579. The van der Waals surface area contributed by atoms with Gasteiger partial charge in [0, 0.05) is 23.5 Å². The third-order valence-electron chi connectivity index (χ3n) is 4.45. The Labute approximate surface area is 168 Å². The van der Waals surface area contributed by atoms with Crippen molar-refractivity contribution in [2.45, 2.75) is 18.9 Å². The standard InChI is InChI=1S/C19H15F4N5O2/c1-9-2-10(5-24)6-26-16(9)17(29)27-11-3-12(15(21)13(20)4-11)19(18(22)23)8-30-7-14(25)28-19/h2-4,6,18H,7-8H2,1H3,(H2,25,28)(H,27,29). The van der Waals surface area contributed by atoms with E-state index >= 15 is 0 Å². The molecule has 1 aliphatic heterocycles. The van der Waals surface area contributed by atoms with Gasteiger partial charge in [-0.1, -0.05) is 0 Å². The molecular weight excluding hydrogens is 406 g/mol. The third-order valence-corrected chi connectivity index (χ3v) is 4.45. The van der Waals surface area contributed by atoms with Crippen LogP contribution in [0.1, 0.15) is 27.2 Å². The maximum absolute atomic E-state index is 14.5. The number of aliphatic imine (C=N–C) groups is 1. The molecule has 156 valence electrons. The minimum absolute atomic E-state index is 0.0767. The van der Waals surface area contributed by atoms with Gasteiger partial charge in [-0.15, -0.1) is 0 Å². The largest absolute Gasteiger partial charge is 0.385 e. The van der Waals surface area contributed by atoms with Gasteiger partial charge in [0.2, 0.25) is 0 Å². The van der Waals surface area contributed by atoms with Gasteiger partial charge in [-0.25, -0.2) is 22.5 Å². The van der Waals surface area contributed by atoms with Crippen molar-refractivity contribution in [1.29, 1.82) is 5.26 Å². The maximum atomic E-state index is 14.5. The van der Waals surface area contributed by atoms with Gasteiger partial charge in [0.1, 0.15) is 24.2 Å². The summed E-state index contributed by atoms with van der Waals surface area (Å²) in [5, 5.41) is 11.2. The summed E-state index contributed by atoms with van der Waals surface area (Å²) in [7, 11) is 0. The average Bonchev–Trinajstić information content (AvgIpc) is 2.70. The van der Waals surface area contributed by atoms with Crippen LogP contribution in [0.4, 0.5) is 23.2 Å². The van der Waals surface area contributed by atoms with Gasteiger partial charge in [0.25, 0.3) is 12.3 Å². The lowest BCUT2D eigenvalue weighted by Crippen LogP contribution is -2.45. The molecule has 0 radical (unpaired) electrons. The number of hydrogen-bond donors (Lipinski definition) is 2. The predicted octanol–water partition coefficient (Wildman–Crippen LogP) is 2.64. The van der Waals surface area contributed by atoms with E-state index < -0.39 is 41.7 Å². The van der Waals surface area contributed by atoms with E-state index in [1.807, 2.05) is 6.07 Å². The molecular formula is C19H15F4N5O2. The molecule has 0 bridgehead atoms. The molecule has 1 aliphatic rings. The molecule has 0 spiro atoms. The predicted molar refractivity (Wildman–Crippen MR) is 98.1 cm³/mol. The van der Waals surface area contributed by atoms with E-state index in [1.54, 1.807) is 0 Å². The van der Waals surface area contributed by atoms with E-state index in [9.17, 15) is 22.4 Å². The summed E-state index contributed by atoms with van der Waals surface area (Å²) < 4.78 is 61.4. The number of ether oxygens (including phenoxy) is 1. The summed E-state index contributed by atoms with van der Waals surface area (Å²) >= 11 is 0. The van der Waals surface area contributed by atoms with Crippen LogP contribution in [0.2, 0.25) is 0 Å². The summed E-state index contributed by atoms with van der Waals surface area (Å²) in [4.78, 5) is 20.0. The van der Waals surface area contributed by atoms with Gasteiger partial charge in [0.15, 0.2) is 17.2 Å². The molecule has 2 heterocycles. The minimum Gasteiger partial charge on any atom is -0.385 e. The normalized spacial score (nSPS) is 18.6. The number of amidine groups is 1. The molecule has 0 saturated carbocycles. The number of rotatable bonds is 4. The van der Waals surface area contributed by atoms with Crippen LogP contribution in [0.25, 0.3) is 0 Å². The van der Waals surface area contributed by atoms with Crippen molar-refractivity contribution in [2.75, 3.05) is 18.5 Å². The van der Waals surface area contributed by atoms with E-state index in [4.69, 9.17) is 15.7 Å². The molecule has 3 rings (SSSR count). The molecule has 1 aromatic heterocycles. The van der Waals surface area contributed by atoms with Crippen LogP contribution in [-0.2, 0) is 10.3 Å². The molecule has 1 unspecified atom stereocenters. The van der Waals surface area contributed by atoms with Gasteiger partial charge in [-0.3, -0.25) is 9.79 Å². The second kappa shape index (κ2) is 8.08. The molecule has 1 aromatic carbocycles. The smallest absolute Gasteiger partial charge is 0.274 e. The summed E-state index contributed by atoms with van der Waals surface area (Å²) in [6.07, 6.45) is -2.10. The lowest BCUT2D eigenvalue weighted by atomic mass is 9.89. The summed E-state index contributed by atoms with van der Waals surface area (Å²) in [5.74, 6) is -4.12. The van der Waals surface area contributed by atoms with Crippen LogP contribution in [-0.4, -0.2) is 36.4 Å².